The Hall–Kier alpha value is -2.89. The first-order valence-electron chi connectivity index (χ1n) is 9.16. The summed E-state index contributed by atoms with van der Waals surface area (Å²) in [5.74, 6) is 0. The van der Waals surface area contributed by atoms with Crippen LogP contribution < -0.4 is 4.72 Å². The molecule has 0 aliphatic carbocycles. The van der Waals surface area contributed by atoms with Gasteiger partial charge in [-0.1, -0.05) is 66.2 Å². The minimum absolute atomic E-state index is 0.259. The van der Waals surface area contributed by atoms with Crippen molar-refractivity contribution in [2.24, 2.45) is 0 Å². The van der Waals surface area contributed by atoms with E-state index in [0.717, 1.165) is 33.2 Å². The molecule has 1 atom stereocenters. The van der Waals surface area contributed by atoms with Crippen LogP contribution in [0.5, 0.6) is 0 Å². The molecule has 0 amide bonds. The minimum Gasteiger partial charge on any atom is -0.361 e. The maximum absolute atomic E-state index is 13.1. The van der Waals surface area contributed by atoms with Gasteiger partial charge in [-0.15, -0.1) is 0 Å². The van der Waals surface area contributed by atoms with E-state index in [1.165, 1.54) is 0 Å². The van der Waals surface area contributed by atoms with E-state index >= 15 is 0 Å². The van der Waals surface area contributed by atoms with E-state index in [1.807, 2.05) is 68.6 Å². The van der Waals surface area contributed by atoms with E-state index in [2.05, 4.69) is 9.71 Å². The van der Waals surface area contributed by atoms with Crippen LogP contribution in [0, 0.1) is 13.8 Å². The molecule has 3 aromatic carbocycles. The SMILES string of the molecule is Cc1ccc(S(=O)(=O)NC(c2ccccc2)c2c[nH]c3c(C)cccc23)cc1. The topological polar surface area (TPSA) is 62.0 Å². The molecule has 0 aliphatic heterocycles. The summed E-state index contributed by atoms with van der Waals surface area (Å²) in [4.78, 5) is 3.56. The second-order valence-corrected chi connectivity index (χ2v) is 8.73. The van der Waals surface area contributed by atoms with Crippen LogP contribution in [0.2, 0.25) is 0 Å². The lowest BCUT2D eigenvalue weighted by Crippen LogP contribution is -2.29. The van der Waals surface area contributed by atoms with Crippen molar-refractivity contribution in [1.29, 1.82) is 0 Å². The lowest BCUT2D eigenvalue weighted by molar-refractivity contribution is 0.572. The summed E-state index contributed by atoms with van der Waals surface area (Å²) in [7, 11) is -3.69. The molecular weight excluding hydrogens is 368 g/mol. The van der Waals surface area contributed by atoms with E-state index in [-0.39, 0.29) is 4.90 Å². The fourth-order valence-corrected chi connectivity index (χ4v) is 4.67. The molecule has 4 aromatic rings. The van der Waals surface area contributed by atoms with Gasteiger partial charge in [0.05, 0.1) is 10.9 Å². The number of aromatic amines is 1. The maximum atomic E-state index is 13.1. The quantitative estimate of drug-likeness (QED) is 0.511. The molecule has 5 heteroatoms. The Bertz CT molecular complexity index is 1210. The number of sulfonamides is 1. The molecule has 0 fully saturated rings. The average Bonchev–Trinajstić information content (AvgIpc) is 3.12. The number of nitrogens with one attached hydrogen (secondary N) is 2. The van der Waals surface area contributed by atoms with Gasteiger partial charge in [0.25, 0.3) is 0 Å². The van der Waals surface area contributed by atoms with Crippen LogP contribution in [-0.2, 0) is 10.0 Å². The zero-order valence-electron chi connectivity index (χ0n) is 15.8. The fourth-order valence-electron chi connectivity index (χ4n) is 3.46. The predicted octanol–water partition coefficient (Wildman–Crippen LogP) is 4.85. The average molecular weight is 391 g/mol. The van der Waals surface area contributed by atoms with Gasteiger partial charge in [0.1, 0.15) is 0 Å². The summed E-state index contributed by atoms with van der Waals surface area (Å²) in [5, 5.41) is 1.01. The number of aryl methyl sites for hydroxylation is 2. The van der Waals surface area contributed by atoms with Crippen LogP contribution in [-0.4, -0.2) is 13.4 Å². The van der Waals surface area contributed by atoms with Gasteiger partial charge < -0.3 is 4.98 Å². The number of benzene rings is 3. The lowest BCUT2D eigenvalue weighted by Gasteiger charge is -2.19. The smallest absolute Gasteiger partial charge is 0.241 e. The van der Waals surface area contributed by atoms with Gasteiger partial charge >= 0.3 is 0 Å². The van der Waals surface area contributed by atoms with Crippen molar-refractivity contribution in [2.45, 2.75) is 24.8 Å². The number of H-pyrrole nitrogens is 1. The molecular formula is C23H22N2O2S. The largest absolute Gasteiger partial charge is 0.361 e. The first-order chi connectivity index (χ1) is 13.5. The molecule has 0 saturated heterocycles. The van der Waals surface area contributed by atoms with E-state index in [4.69, 9.17) is 0 Å². The van der Waals surface area contributed by atoms with Crippen molar-refractivity contribution >= 4 is 20.9 Å². The Labute approximate surface area is 165 Å². The summed E-state index contributed by atoms with van der Waals surface area (Å²) in [6, 6.07) is 22.1. The van der Waals surface area contributed by atoms with Gasteiger partial charge in [0, 0.05) is 17.1 Å². The highest BCUT2D eigenvalue weighted by Gasteiger charge is 2.25. The molecule has 0 aliphatic rings. The van der Waals surface area contributed by atoms with E-state index < -0.39 is 16.1 Å². The number of rotatable bonds is 5. The summed E-state index contributed by atoms with van der Waals surface area (Å²) < 4.78 is 29.1. The van der Waals surface area contributed by atoms with E-state index in [9.17, 15) is 8.42 Å². The van der Waals surface area contributed by atoms with Crippen molar-refractivity contribution in [1.82, 2.24) is 9.71 Å². The summed E-state index contributed by atoms with van der Waals surface area (Å²) in [6.07, 6.45) is 1.90. The van der Waals surface area contributed by atoms with Crippen molar-refractivity contribution in [3.05, 3.63) is 101 Å². The monoisotopic (exact) mass is 390 g/mol. The highest BCUT2D eigenvalue weighted by atomic mass is 32.2. The third-order valence-electron chi connectivity index (χ3n) is 5.00. The molecule has 0 spiro atoms. The second kappa shape index (κ2) is 7.26. The number of fused-ring (bicyclic) bond motifs is 1. The normalized spacial score (nSPS) is 12.9. The molecule has 1 aromatic heterocycles. The molecule has 28 heavy (non-hydrogen) atoms. The standard InChI is InChI=1S/C23H22N2O2S/c1-16-11-13-19(14-12-16)28(26,27)25-23(18-8-4-3-5-9-18)21-15-24-22-17(2)7-6-10-20(21)22/h3-15,23-25H,1-2H3. The van der Waals surface area contributed by atoms with Crippen molar-refractivity contribution in [3.8, 4) is 0 Å². The first-order valence-corrected chi connectivity index (χ1v) is 10.6. The summed E-state index contributed by atoms with van der Waals surface area (Å²) >= 11 is 0. The third kappa shape index (κ3) is 3.46. The third-order valence-corrected chi connectivity index (χ3v) is 6.44. The van der Waals surface area contributed by atoms with Gasteiger partial charge in [-0.3, -0.25) is 0 Å². The molecule has 4 nitrogen and oxygen atoms in total. The van der Waals surface area contributed by atoms with Crippen molar-refractivity contribution in [2.75, 3.05) is 0 Å². The second-order valence-electron chi connectivity index (χ2n) is 7.02. The molecule has 1 heterocycles. The van der Waals surface area contributed by atoms with Crippen molar-refractivity contribution < 1.29 is 8.42 Å². The van der Waals surface area contributed by atoms with Crippen LogP contribution in [0.3, 0.4) is 0 Å². The molecule has 4 rings (SSSR count). The Kier molecular flexibility index (Phi) is 4.79. The number of hydrogen-bond donors (Lipinski definition) is 2. The van der Waals surface area contributed by atoms with Crippen LogP contribution in [0.1, 0.15) is 28.3 Å². The Morgan fingerprint density at radius 3 is 2.29 bits per heavy atom. The van der Waals surface area contributed by atoms with Crippen molar-refractivity contribution in [3.63, 3.8) is 0 Å². The molecule has 2 N–H and O–H groups in total. The summed E-state index contributed by atoms with van der Waals surface area (Å²) in [6.45, 7) is 3.97. The van der Waals surface area contributed by atoms with Crippen LogP contribution >= 0.6 is 0 Å². The number of aromatic nitrogens is 1. The van der Waals surface area contributed by atoms with Gasteiger partial charge in [-0.2, -0.15) is 4.72 Å². The van der Waals surface area contributed by atoms with Gasteiger partial charge in [0.2, 0.25) is 10.0 Å². The fraction of sp³-hybridized carbons (Fsp3) is 0.130. The molecule has 142 valence electrons. The highest BCUT2D eigenvalue weighted by molar-refractivity contribution is 7.89. The Balaban J connectivity index is 1.83. The van der Waals surface area contributed by atoms with E-state index in [1.54, 1.807) is 24.3 Å². The maximum Gasteiger partial charge on any atom is 0.241 e. The number of hydrogen-bond acceptors (Lipinski definition) is 2. The zero-order chi connectivity index (χ0) is 19.7. The molecule has 0 radical (unpaired) electrons. The lowest BCUT2D eigenvalue weighted by atomic mass is 9.98. The Morgan fingerprint density at radius 2 is 1.57 bits per heavy atom. The van der Waals surface area contributed by atoms with Crippen LogP contribution in [0.15, 0.2) is 83.9 Å². The first kappa shape index (κ1) is 18.5. The zero-order valence-corrected chi connectivity index (χ0v) is 16.6. The highest BCUT2D eigenvalue weighted by Crippen LogP contribution is 2.31. The van der Waals surface area contributed by atoms with Crippen LogP contribution in [0.25, 0.3) is 10.9 Å². The Morgan fingerprint density at radius 1 is 0.857 bits per heavy atom. The van der Waals surface area contributed by atoms with Crippen LogP contribution in [0.4, 0.5) is 0 Å². The van der Waals surface area contributed by atoms with E-state index in [0.29, 0.717) is 0 Å². The summed E-state index contributed by atoms with van der Waals surface area (Å²) in [5.41, 5.74) is 4.96. The molecule has 0 saturated carbocycles. The van der Waals surface area contributed by atoms with Gasteiger partial charge in [0.15, 0.2) is 0 Å². The minimum atomic E-state index is -3.69. The molecule has 0 bridgehead atoms. The van der Waals surface area contributed by atoms with Gasteiger partial charge in [-0.05, 0) is 42.7 Å². The molecule has 1 unspecified atom stereocenters. The predicted molar refractivity (Wildman–Crippen MR) is 113 cm³/mol. The van der Waals surface area contributed by atoms with Gasteiger partial charge in [-0.25, -0.2) is 8.42 Å². The number of para-hydroxylation sites is 1.